The van der Waals surface area contributed by atoms with Gasteiger partial charge in [-0.25, -0.2) is 9.78 Å². The predicted octanol–water partition coefficient (Wildman–Crippen LogP) is 1.70. The van der Waals surface area contributed by atoms with Gasteiger partial charge in [0.1, 0.15) is 12.7 Å². The summed E-state index contributed by atoms with van der Waals surface area (Å²) in [6.45, 7) is 1.11. The zero-order chi connectivity index (χ0) is 15.2. The highest BCUT2D eigenvalue weighted by molar-refractivity contribution is 5.70. The van der Waals surface area contributed by atoms with Gasteiger partial charge in [0.25, 0.3) is 5.88 Å². The molecule has 0 aliphatic heterocycles. The number of nitrogens with one attached hydrogen (secondary N) is 1. The van der Waals surface area contributed by atoms with Gasteiger partial charge in [0, 0.05) is 13.1 Å². The molecule has 1 amide bonds. The lowest BCUT2D eigenvalue weighted by atomic mass is 10.3. The van der Waals surface area contributed by atoms with Crippen LogP contribution in [0.15, 0.2) is 46.1 Å². The summed E-state index contributed by atoms with van der Waals surface area (Å²) in [5.74, 6) is 0.967. The van der Waals surface area contributed by atoms with E-state index in [-0.39, 0.29) is 5.88 Å². The molecule has 9 heteroatoms. The average Bonchev–Trinajstić information content (AvgIpc) is 3.24. The van der Waals surface area contributed by atoms with Gasteiger partial charge < -0.3 is 19.0 Å². The van der Waals surface area contributed by atoms with Crippen LogP contribution in [-0.4, -0.2) is 32.6 Å². The predicted molar refractivity (Wildman–Crippen MR) is 72.9 cm³/mol. The normalized spacial score (nSPS) is 10.5. The SMILES string of the molecule is O=C(NCCCn1cncn1)Oc1cc(-c2ccco2)on1. The fourth-order valence-electron chi connectivity index (χ4n) is 1.75. The molecule has 22 heavy (non-hydrogen) atoms. The molecule has 3 rings (SSSR count). The summed E-state index contributed by atoms with van der Waals surface area (Å²) in [6, 6.07) is 4.92. The van der Waals surface area contributed by atoms with Crippen molar-refractivity contribution in [3.8, 4) is 17.4 Å². The second kappa shape index (κ2) is 6.57. The standard InChI is InChI=1S/C13H13N5O4/c19-13(15-4-2-5-18-9-14-8-16-18)21-12-7-11(22-17-12)10-3-1-6-20-10/h1,3,6-9H,2,4-5H2,(H,15,19). The van der Waals surface area contributed by atoms with Crippen molar-refractivity contribution >= 4 is 6.09 Å². The Morgan fingerprint density at radius 1 is 1.41 bits per heavy atom. The highest BCUT2D eigenvalue weighted by Crippen LogP contribution is 2.23. The second-order valence-corrected chi connectivity index (χ2v) is 4.34. The van der Waals surface area contributed by atoms with Crippen LogP contribution in [0.1, 0.15) is 6.42 Å². The minimum atomic E-state index is -0.599. The van der Waals surface area contributed by atoms with Crippen LogP contribution in [-0.2, 0) is 6.54 Å². The van der Waals surface area contributed by atoms with Gasteiger partial charge in [-0.1, -0.05) is 0 Å². The maximum atomic E-state index is 11.6. The van der Waals surface area contributed by atoms with Crippen molar-refractivity contribution in [3.63, 3.8) is 0 Å². The zero-order valence-electron chi connectivity index (χ0n) is 11.5. The van der Waals surface area contributed by atoms with Crippen LogP contribution in [0.25, 0.3) is 11.5 Å². The van der Waals surface area contributed by atoms with Crippen molar-refractivity contribution in [2.75, 3.05) is 6.54 Å². The first-order chi connectivity index (χ1) is 10.8. The van der Waals surface area contributed by atoms with E-state index in [4.69, 9.17) is 13.7 Å². The van der Waals surface area contributed by atoms with Crippen molar-refractivity contribution in [2.24, 2.45) is 0 Å². The van der Waals surface area contributed by atoms with Crippen LogP contribution in [0.5, 0.6) is 5.88 Å². The number of aryl methyl sites for hydroxylation is 1. The van der Waals surface area contributed by atoms with Crippen molar-refractivity contribution in [2.45, 2.75) is 13.0 Å². The van der Waals surface area contributed by atoms with Gasteiger partial charge in [-0.3, -0.25) is 4.68 Å². The van der Waals surface area contributed by atoms with E-state index in [0.29, 0.717) is 31.0 Å². The van der Waals surface area contributed by atoms with Crippen LogP contribution < -0.4 is 10.1 Å². The van der Waals surface area contributed by atoms with Crippen molar-refractivity contribution in [3.05, 3.63) is 37.1 Å². The fraction of sp³-hybridized carbons (Fsp3) is 0.231. The molecule has 114 valence electrons. The highest BCUT2D eigenvalue weighted by atomic mass is 16.6. The summed E-state index contributed by atoms with van der Waals surface area (Å²) in [7, 11) is 0. The molecule has 1 N–H and O–H groups in total. The number of ether oxygens (including phenoxy) is 1. The van der Waals surface area contributed by atoms with E-state index >= 15 is 0 Å². The van der Waals surface area contributed by atoms with Crippen LogP contribution in [0.3, 0.4) is 0 Å². The Morgan fingerprint density at radius 3 is 3.14 bits per heavy atom. The van der Waals surface area contributed by atoms with E-state index in [1.165, 1.54) is 18.7 Å². The molecule has 0 atom stereocenters. The molecule has 0 spiro atoms. The van der Waals surface area contributed by atoms with Gasteiger partial charge >= 0.3 is 6.09 Å². The molecule has 0 unspecified atom stereocenters. The van der Waals surface area contributed by atoms with Crippen molar-refractivity contribution < 1.29 is 18.5 Å². The Kier molecular flexibility index (Phi) is 4.14. The number of carbonyl (C=O) groups excluding carboxylic acids is 1. The largest absolute Gasteiger partial charge is 0.461 e. The average molecular weight is 303 g/mol. The summed E-state index contributed by atoms with van der Waals surface area (Å²) in [5.41, 5.74) is 0. The van der Waals surface area contributed by atoms with Gasteiger partial charge in [0.15, 0.2) is 5.76 Å². The number of furan rings is 1. The first-order valence-electron chi connectivity index (χ1n) is 6.60. The number of hydrogen-bond donors (Lipinski definition) is 1. The maximum Gasteiger partial charge on any atom is 0.414 e. The Labute approximate surface area is 124 Å². The topological polar surface area (TPSA) is 108 Å². The molecule has 0 saturated heterocycles. The Morgan fingerprint density at radius 2 is 2.36 bits per heavy atom. The number of rotatable bonds is 6. The smallest absolute Gasteiger partial charge is 0.414 e. The van der Waals surface area contributed by atoms with E-state index in [2.05, 4.69) is 20.6 Å². The third-order valence-electron chi connectivity index (χ3n) is 2.75. The Hall–Kier alpha value is -3.10. The van der Waals surface area contributed by atoms with Gasteiger partial charge in [-0.15, -0.1) is 0 Å². The molecule has 3 aromatic heterocycles. The van der Waals surface area contributed by atoms with E-state index in [0.717, 1.165) is 0 Å². The number of aromatic nitrogens is 4. The molecule has 0 fully saturated rings. The molecular weight excluding hydrogens is 290 g/mol. The zero-order valence-corrected chi connectivity index (χ0v) is 11.5. The Balaban J connectivity index is 1.42. The van der Waals surface area contributed by atoms with Crippen LogP contribution in [0.4, 0.5) is 4.79 Å². The summed E-state index contributed by atoms with van der Waals surface area (Å²) < 4.78 is 16.8. The van der Waals surface area contributed by atoms with Crippen molar-refractivity contribution in [1.82, 2.24) is 25.2 Å². The molecule has 9 nitrogen and oxygen atoms in total. The first kappa shape index (κ1) is 13.9. The lowest BCUT2D eigenvalue weighted by Gasteiger charge is -2.03. The fourth-order valence-corrected chi connectivity index (χ4v) is 1.75. The van der Waals surface area contributed by atoms with Gasteiger partial charge in [0.05, 0.1) is 12.3 Å². The maximum absolute atomic E-state index is 11.6. The van der Waals surface area contributed by atoms with Crippen LogP contribution >= 0.6 is 0 Å². The summed E-state index contributed by atoms with van der Waals surface area (Å²) in [4.78, 5) is 15.4. The lowest BCUT2D eigenvalue weighted by molar-refractivity contribution is 0.195. The number of carbonyl (C=O) groups is 1. The molecular formula is C13H13N5O4. The van der Waals surface area contributed by atoms with Crippen LogP contribution in [0, 0.1) is 0 Å². The second-order valence-electron chi connectivity index (χ2n) is 4.34. The monoisotopic (exact) mass is 303 g/mol. The number of nitrogens with zero attached hydrogens (tertiary/aromatic N) is 4. The van der Waals surface area contributed by atoms with E-state index < -0.39 is 6.09 Å². The molecule has 0 aliphatic carbocycles. The summed E-state index contributed by atoms with van der Waals surface area (Å²) >= 11 is 0. The molecule has 0 aliphatic rings. The van der Waals surface area contributed by atoms with Gasteiger partial charge in [0.2, 0.25) is 5.76 Å². The van der Waals surface area contributed by atoms with Gasteiger partial charge in [-0.05, 0) is 23.7 Å². The molecule has 0 aromatic carbocycles. The summed E-state index contributed by atoms with van der Waals surface area (Å²) in [5, 5.41) is 10.2. The minimum absolute atomic E-state index is 0.0696. The summed E-state index contributed by atoms with van der Waals surface area (Å²) in [6.07, 6.45) is 4.69. The quantitative estimate of drug-likeness (QED) is 0.690. The molecule has 3 aromatic rings. The van der Waals surface area contributed by atoms with E-state index in [1.54, 1.807) is 23.1 Å². The van der Waals surface area contributed by atoms with Gasteiger partial charge in [-0.2, -0.15) is 5.10 Å². The molecule has 0 saturated carbocycles. The lowest BCUT2D eigenvalue weighted by Crippen LogP contribution is -2.28. The first-order valence-corrected chi connectivity index (χ1v) is 6.60. The third-order valence-corrected chi connectivity index (χ3v) is 2.75. The van der Waals surface area contributed by atoms with Crippen LogP contribution in [0.2, 0.25) is 0 Å². The van der Waals surface area contributed by atoms with E-state index in [1.807, 2.05) is 0 Å². The highest BCUT2D eigenvalue weighted by Gasteiger charge is 2.12. The minimum Gasteiger partial charge on any atom is -0.461 e. The number of hydrogen-bond acceptors (Lipinski definition) is 7. The third kappa shape index (κ3) is 3.51. The molecule has 0 bridgehead atoms. The van der Waals surface area contributed by atoms with E-state index in [9.17, 15) is 4.79 Å². The van der Waals surface area contributed by atoms with Crippen molar-refractivity contribution in [1.29, 1.82) is 0 Å². The number of amides is 1. The molecule has 3 heterocycles. The Bertz CT molecular complexity index is 705. The molecule has 0 radical (unpaired) electrons.